The average Bonchev–Trinajstić information content (AvgIpc) is 2.84. The van der Waals surface area contributed by atoms with Gasteiger partial charge in [-0.15, -0.1) is 0 Å². The van der Waals surface area contributed by atoms with Crippen LogP contribution in [0.3, 0.4) is 0 Å². The first-order valence-corrected chi connectivity index (χ1v) is 10.9. The van der Waals surface area contributed by atoms with E-state index in [1.54, 1.807) is 47.6 Å². The van der Waals surface area contributed by atoms with Gasteiger partial charge in [-0.25, -0.2) is 9.97 Å². The minimum Gasteiger partial charge on any atom is -0.455 e. The summed E-state index contributed by atoms with van der Waals surface area (Å²) in [4.78, 5) is 49.1. The lowest BCUT2D eigenvalue weighted by atomic mass is 9.97. The van der Waals surface area contributed by atoms with E-state index >= 15 is 0 Å². The molecule has 1 aliphatic rings. The number of esters is 1. The number of nitrogens with one attached hydrogen (secondary N) is 1. The molecule has 2 amide bonds. The number of piperidine rings is 1. The summed E-state index contributed by atoms with van der Waals surface area (Å²) in [6, 6.07) is 8.44. The topological polar surface area (TPSA) is 105 Å². The van der Waals surface area contributed by atoms with Crippen LogP contribution in [0.5, 0.6) is 0 Å². The van der Waals surface area contributed by atoms with E-state index in [9.17, 15) is 14.4 Å². The van der Waals surface area contributed by atoms with E-state index in [4.69, 9.17) is 4.74 Å². The highest BCUT2D eigenvalue weighted by Gasteiger charge is 2.27. The molecule has 0 radical (unpaired) electrons. The number of carbonyl (C=O) groups is 3. The van der Waals surface area contributed by atoms with Gasteiger partial charge in [0.15, 0.2) is 6.61 Å². The maximum Gasteiger partial charge on any atom is 0.309 e. The van der Waals surface area contributed by atoms with E-state index in [1.807, 2.05) is 18.7 Å². The molecule has 1 fully saturated rings. The van der Waals surface area contributed by atoms with Crippen molar-refractivity contribution in [2.45, 2.75) is 26.7 Å². The molecule has 170 valence electrons. The van der Waals surface area contributed by atoms with Crippen molar-refractivity contribution in [3.63, 3.8) is 0 Å². The number of rotatable bonds is 8. The summed E-state index contributed by atoms with van der Waals surface area (Å²) in [6.45, 7) is 6.11. The molecule has 1 aromatic heterocycles. The predicted molar refractivity (Wildman–Crippen MR) is 120 cm³/mol. The third-order valence-electron chi connectivity index (χ3n) is 5.48. The molecule has 9 heteroatoms. The van der Waals surface area contributed by atoms with Crippen LogP contribution in [0.25, 0.3) is 0 Å². The van der Waals surface area contributed by atoms with E-state index in [0.29, 0.717) is 56.2 Å². The Morgan fingerprint density at radius 2 is 1.69 bits per heavy atom. The van der Waals surface area contributed by atoms with E-state index < -0.39 is 5.91 Å². The van der Waals surface area contributed by atoms with Gasteiger partial charge in [0.05, 0.1) is 5.92 Å². The lowest BCUT2D eigenvalue weighted by Gasteiger charge is -2.30. The van der Waals surface area contributed by atoms with E-state index in [1.165, 1.54) is 0 Å². The van der Waals surface area contributed by atoms with Crippen LogP contribution in [-0.2, 0) is 14.3 Å². The maximum atomic E-state index is 12.3. The highest BCUT2D eigenvalue weighted by Crippen LogP contribution is 2.21. The number of ether oxygens (including phenoxy) is 1. The van der Waals surface area contributed by atoms with Gasteiger partial charge in [0, 0.05) is 49.8 Å². The molecule has 1 saturated heterocycles. The molecule has 0 bridgehead atoms. The molecule has 0 unspecified atom stereocenters. The van der Waals surface area contributed by atoms with Crippen LogP contribution < -0.4 is 10.2 Å². The standard InChI is InChI=1S/C23H29N5O4/c1-3-27(4-2)21(30)17-6-8-19(9-7-17)26-20(29)16-32-22(31)18-10-14-28(15-11-18)23-24-12-5-13-25-23/h5-9,12-13,18H,3-4,10-11,14-16H2,1-2H3,(H,26,29). The molecule has 0 saturated carbocycles. The van der Waals surface area contributed by atoms with Crippen molar-refractivity contribution in [3.8, 4) is 0 Å². The Kier molecular flexibility index (Phi) is 8.13. The molecule has 3 rings (SSSR count). The summed E-state index contributed by atoms with van der Waals surface area (Å²) in [5, 5.41) is 2.69. The van der Waals surface area contributed by atoms with Crippen LogP contribution in [0.15, 0.2) is 42.7 Å². The molecular weight excluding hydrogens is 410 g/mol. The van der Waals surface area contributed by atoms with Crippen LogP contribution in [0.4, 0.5) is 11.6 Å². The lowest BCUT2D eigenvalue weighted by Crippen LogP contribution is -2.38. The zero-order valence-corrected chi connectivity index (χ0v) is 18.5. The third-order valence-corrected chi connectivity index (χ3v) is 5.48. The average molecular weight is 440 g/mol. The smallest absolute Gasteiger partial charge is 0.309 e. The summed E-state index contributed by atoms with van der Waals surface area (Å²) in [5.41, 5.74) is 1.10. The lowest BCUT2D eigenvalue weighted by molar-refractivity contribution is -0.152. The third kappa shape index (κ3) is 6.03. The van der Waals surface area contributed by atoms with Crippen molar-refractivity contribution in [2.75, 3.05) is 43.0 Å². The van der Waals surface area contributed by atoms with Gasteiger partial charge >= 0.3 is 5.97 Å². The molecule has 1 N–H and O–H groups in total. The minimum atomic E-state index is -0.420. The Balaban J connectivity index is 1.42. The minimum absolute atomic E-state index is 0.0494. The van der Waals surface area contributed by atoms with Gasteiger partial charge in [-0.05, 0) is 57.0 Å². The number of anilines is 2. The fourth-order valence-electron chi connectivity index (χ4n) is 3.61. The summed E-state index contributed by atoms with van der Waals surface area (Å²) < 4.78 is 5.22. The van der Waals surface area contributed by atoms with Crippen molar-refractivity contribution < 1.29 is 19.1 Å². The first-order chi connectivity index (χ1) is 15.5. The van der Waals surface area contributed by atoms with E-state index in [2.05, 4.69) is 15.3 Å². The summed E-state index contributed by atoms with van der Waals surface area (Å²) >= 11 is 0. The molecule has 1 aliphatic heterocycles. The Hall–Kier alpha value is -3.49. The molecule has 0 atom stereocenters. The molecule has 9 nitrogen and oxygen atoms in total. The first kappa shape index (κ1) is 23.2. The summed E-state index contributed by atoms with van der Waals surface area (Å²) in [5.74, 6) is -0.423. The van der Waals surface area contributed by atoms with Gasteiger partial charge in [-0.1, -0.05) is 0 Å². The Morgan fingerprint density at radius 3 is 2.28 bits per heavy atom. The Labute approximate surface area is 187 Å². The molecule has 0 spiro atoms. The molecule has 32 heavy (non-hydrogen) atoms. The van der Waals surface area contributed by atoms with Crippen LogP contribution in [0, 0.1) is 5.92 Å². The second kappa shape index (κ2) is 11.2. The van der Waals surface area contributed by atoms with E-state index in [0.717, 1.165) is 0 Å². The number of amides is 2. The number of nitrogens with zero attached hydrogens (tertiary/aromatic N) is 4. The molecule has 2 heterocycles. The molecule has 0 aliphatic carbocycles. The van der Waals surface area contributed by atoms with Gasteiger partial charge in [0.1, 0.15) is 0 Å². The van der Waals surface area contributed by atoms with E-state index in [-0.39, 0.29) is 24.4 Å². The van der Waals surface area contributed by atoms with Crippen LogP contribution >= 0.6 is 0 Å². The molecule has 1 aromatic carbocycles. The number of aromatic nitrogens is 2. The van der Waals surface area contributed by atoms with Crippen molar-refractivity contribution >= 4 is 29.4 Å². The monoisotopic (exact) mass is 439 g/mol. The summed E-state index contributed by atoms with van der Waals surface area (Å²) in [7, 11) is 0. The van der Waals surface area contributed by atoms with Gasteiger partial charge in [0.2, 0.25) is 5.95 Å². The van der Waals surface area contributed by atoms with Crippen molar-refractivity contribution in [1.82, 2.24) is 14.9 Å². The number of hydrogen-bond acceptors (Lipinski definition) is 7. The first-order valence-electron chi connectivity index (χ1n) is 10.9. The normalized spacial score (nSPS) is 14.0. The van der Waals surface area contributed by atoms with Gasteiger partial charge < -0.3 is 19.9 Å². The predicted octanol–water partition coefficient (Wildman–Crippen LogP) is 2.36. The molecular formula is C23H29N5O4. The number of benzene rings is 1. The van der Waals surface area contributed by atoms with Crippen molar-refractivity contribution in [1.29, 1.82) is 0 Å². The Morgan fingerprint density at radius 1 is 1.06 bits per heavy atom. The van der Waals surface area contributed by atoms with Gasteiger partial charge in [-0.3, -0.25) is 14.4 Å². The zero-order chi connectivity index (χ0) is 22.9. The van der Waals surface area contributed by atoms with Crippen LogP contribution in [0.2, 0.25) is 0 Å². The summed E-state index contributed by atoms with van der Waals surface area (Å²) in [6.07, 6.45) is 4.64. The zero-order valence-electron chi connectivity index (χ0n) is 18.5. The fraction of sp³-hybridized carbons (Fsp3) is 0.435. The maximum absolute atomic E-state index is 12.3. The van der Waals surface area contributed by atoms with Crippen LogP contribution in [-0.4, -0.2) is 65.4 Å². The van der Waals surface area contributed by atoms with Gasteiger partial charge in [0.25, 0.3) is 11.8 Å². The highest BCUT2D eigenvalue weighted by molar-refractivity contribution is 5.96. The Bertz CT molecular complexity index is 908. The van der Waals surface area contributed by atoms with Gasteiger partial charge in [-0.2, -0.15) is 0 Å². The number of hydrogen-bond donors (Lipinski definition) is 1. The SMILES string of the molecule is CCN(CC)C(=O)c1ccc(NC(=O)COC(=O)C2CCN(c3ncccn3)CC2)cc1. The number of carbonyl (C=O) groups excluding carboxylic acids is 3. The van der Waals surface area contributed by atoms with Crippen molar-refractivity contribution in [2.24, 2.45) is 5.92 Å². The van der Waals surface area contributed by atoms with Crippen LogP contribution in [0.1, 0.15) is 37.0 Å². The quantitative estimate of drug-likeness (QED) is 0.630. The van der Waals surface area contributed by atoms with Crippen molar-refractivity contribution in [3.05, 3.63) is 48.3 Å². The second-order valence-corrected chi connectivity index (χ2v) is 7.52. The molecule has 2 aromatic rings. The largest absolute Gasteiger partial charge is 0.455 e. The highest BCUT2D eigenvalue weighted by atomic mass is 16.5. The fourth-order valence-corrected chi connectivity index (χ4v) is 3.61. The second-order valence-electron chi connectivity index (χ2n) is 7.52.